The van der Waals surface area contributed by atoms with Gasteiger partial charge in [0.25, 0.3) is 5.91 Å². The summed E-state index contributed by atoms with van der Waals surface area (Å²) in [6.07, 6.45) is 3.60. The summed E-state index contributed by atoms with van der Waals surface area (Å²) >= 11 is 0. The van der Waals surface area contributed by atoms with E-state index >= 15 is 0 Å². The van der Waals surface area contributed by atoms with Crippen molar-refractivity contribution in [1.82, 2.24) is 20.6 Å². The molecule has 0 saturated heterocycles. The Balaban J connectivity index is 0.000000998. The van der Waals surface area contributed by atoms with E-state index in [4.69, 9.17) is 5.26 Å². The van der Waals surface area contributed by atoms with Gasteiger partial charge in [0.1, 0.15) is 18.0 Å². The molecule has 2 aromatic carbocycles. The van der Waals surface area contributed by atoms with Gasteiger partial charge in [-0.25, -0.2) is 9.97 Å². The number of halogens is 3. The van der Waals surface area contributed by atoms with Crippen molar-refractivity contribution < 1.29 is 38.3 Å². The molecule has 1 aliphatic rings. The number of ketones is 1. The number of aromatic nitrogens is 2. The summed E-state index contributed by atoms with van der Waals surface area (Å²) < 4.78 is 10.3. The largest absolute Gasteiger partial charge is 0.352 e. The maximum absolute atomic E-state index is 12.4. The molecule has 0 fully saturated rings. The summed E-state index contributed by atoms with van der Waals surface area (Å²) in [5.74, 6) is 0.330. The van der Waals surface area contributed by atoms with Crippen LogP contribution in [0.4, 0.5) is 36.8 Å². The second-order valence-corrected chi connectivity index (χ2v) is 7.61. The van der Waals surface area contributed by atoms with E-state index in [2.05, 4.69) is 36.1 Å². The van der Waals surface area contributed by atoms with Crippen LogP contribution in [0.15, 0.2) is 60.9 Å². The van der Waals surface area contributed by atoms with Crippen LogP contribution in [0.25, 0.3) is 0 Å². The second-order valence-electron chi connectivity index (χ2n) is 7.61. The van der Waals surface area contributed by atoms with Crippen LogP contribution in [-0.4, -0.2) is 39.4 Å². The Morgan fingerprint density at radius 3 is 2.15 bits per heavy atom. The van der Waals surface area contributed by atoms with Crippen LogP contribution in [-0.2, 0) is 21.0 Å². The molecule has 206 valence electrons. The zero-order chi connectivity index (χ0) is 26.5. The minimum absolute atomic E-state index is 0. The zero-order valence-corrected chi connectivity index (χ0v) is 20.3. The fourth-order valence-electron chi connectivity index (χ4n) is 3.22. The molecule has 1 aliphatic heterocycles. The highest BCUT2D eigenvalue weighted by Gasteiger charge is 2.12. The van der Waals surface area contributed by atoms with Crippen molar-refractivity contribution in [3.8, 4) is 12.3 Å². The number of fused-ring (bicyclic) bond motifs is 6. The van der Waals surface area contributed by atoms with Gasteiger partial charge >= 0.3 is 0 Å². The van der Waals surface area contributed by atoms with Crippen LogP contribution < -0.4 is 21.3 Å². The number of nitrogens with zero attached hydrogens (tertiary/aromatic N) is 2. The third-order valence-corrected chi connectivity index (χ3v) is 4.91. The average Bonchev–Trinajstić information content (AvgIpc) is 2.90. The van der Waals surface area contributed by atoms with Crippen molar-refractivity contribution >= 4 is 40.6 Å². The van der Waals surface area contributed by atoms with E-state index in [0.29, 0.717) is 29.4 Å². The third-order valence-electron chi connectivity index (χ3n) is 4.91. The van der Waals surface area contributed by atoms with Crippen LogP contribution >= 0.6 is 0 Å². The molecule has 2 amide bonds. The van der Waals surface area contributed by atoms with Crippen molar-refractivity contribution in [2.45, 2.75) is 19.4 Å². The highest BCUT2D eigenvalue weighted by molar-refractivity contribution is 5.98. The minimum atomic E-state index is -0.371. The third kappa shape index (κ3) is 10.8. The van der Waals surface area contributed by atoms with Crippen LogP contribution in [0.5, 0.6) is 0 Å². The lowest BCUT2D eigenvalue weighted by atomic mass is 10.1. The van der Waals surface area contributed by atoms with Crippen LogP contribution in [0.2, 0.25) is 0 Å². The molecule has 11 nitrogen and oxygen atoms in total. The quantitative estimate of drug-likeness (QED) is 0.162. The Hall–Kier alpha value is -5.16. The summed E-state index contributed by atoms with van der Waals surface area (Å²) in [4.78, 5) is 48.1. The number of anilines is 4. The summed E-state index contributed by atoms with van der Waals surface area (Å²) in [5.41, 5.74) is 2.78. The minimum Gasteiger partial charge on any atom is -0.352 e. The Morgan fingerprint density at radius 1 is 0.846 bits per heavy atom. The molecule has 3 aromatic rings. The summed E-state index contributed by atoms with van der Waals surface area (Å²) in [5, 5.41) is 19.0. The molecule has 1 aromatic heterocycles. The van der Waals surface area contributed by atoms with Gasteiger partial charge in [0.05, 0.1) is 6.54 Å². The highest BCUT2D eigenvalue weighted by atomic mass is 19.1. The first kappa shape index (κ1) is 31.9. The van der Waals surface area contributed by atoms with Crippen molar-refractivity contribution in [3.63, 3.8) is 0 Å². The predicted octanol–water partition coefficient (Wildman–Crippen LogP) is 3.34. The molecule has 14 heteroatoms. The lowest BCUT2D eigenvalue weighted by Gasteiger charge is -2.12. The van der Waals surface area contributed by atoms with Gasteiger partial charge in [0, 0.05) is 42.4 Å². The molecule has 0 saturated carbocycles. The standard InChI is InChI=1S/C23H22N6O3.C2HFO2.2FH/c30-19-7-8-22(31)24-12-15-3-1-5-17(9-15)28-20-11-21(27-14-26-20)29-18-6-2-4-16(10-18)23(32)25-13-19;3-1-2-5-4;;/h1-6,9-11,14H,7-8,12-13H2,(H,24,31)(H,25,32)(H2,26,27,28,29);4H;2*1H. The Kier molecular flexibility index (Phi) is 13.5. The van der Waals surface area contributed by atoms with Gasteiger partial charge in [0.2, 0.25) is 5.91 Å². The van der Waals surface area contributed by atoms with Gasteiger partial charge in [-0.2, -0.15) is 5.26 Å². The average molecular weight is 547 g/mol. The molecule has 4 rings (SSSR count). The van der Waals surface area contributed by atoms with Crippen molar-refractivity contribution in [3.05, 3.63) is 72.1 Å². The topological polar surface area (TPSA) is 155 Å². The summed E-state index contributed by atoms with van der Waals surface area (Å²) in [6.45, 7) is 0.206. The lowest BCUT2D eigenvalue weighted by Crippen LogP contribution is -2.30. The molecular formula is C25H25F3N6O5. The predicted molar refractivity (Wildman–Crippen MR) is 138 cm³/mol. The molecule has 0 aliphatic carbocycles. The fourth-order valence-corrected chi connectivity index (χ4v) is 3.22. The molecule has 5 N–H and O–H groups in total. The van der Waals surface area contributed by atoms with E-state index in [1.165, 1.54) is 12.4 Å². The molecule has 0 unspecified atom stereocenters. The molecular weight excluding hydrogens is 521 g/mol. The lowest BCUT2D eigenvalue weighted by molar-refractivity contribution is -0.172. The van der Waals surface area contributed by atoms with E-state index in [9.17, 15) is 18.8 Å². The number of rotatable bonds is 0. The molecule has 0 radical (unpaired) electrons. The van der Waals surface area contributed by atoms with E-state index in [-0.39, 0.29) is 46.4 Å². The van der Waals surface area contributed by atoms with Gasteiger partial charge in [-0.1, -0.05) is 18.2 Å². The van der Waals surface area contributed by atoms with Gasteiger partial charge in [-0.3, -0.25) is 28.7 Å². The van der Waals surface area contributed by atoms with Crippen molar-refractivity contribution in [1.29, 1.82) is 0 Å². The molecule has 0 atom stereocenters. The maximum Gasteiger partial charge on any atom is 0.251 e. The van der Waals surface area contributed by atoms with E-state index in [1.807, 2.05) is 30.3 Å². The zero-order valence-electron chi connectivity index (χ0n) is 20.3. The van der Waals surface area contributed by atoms with Crippen LogP contribution in [0, 0.1) is 12.3 Å². The van der Waals surface area contributed by atoms with Gasteiger partial charge in [-0.05, 0) is 35.9 Å². The monoisotopic (exact) mass is 546 g/mol. The first-order valence-electron chi connectivity index (χ1n) is 11.0. The molecule has 6 bridgehead atoms. The number of carbonyl (C=O) groups is 3. The van der Waals surface area contributed by atoms with E-state index in [0.717, 1.165) is 17.4 Å². The molecule has 0 spiro atoms. The molecule has 2 heterocycles. The van der Waals surface area contributed by atoms with Gasteiger partial charge in [0.15, 0.2) is 18.1 Å². The maximum atomic E-state index is 12.4. The first-order chi connectivity index (χ1) is 18.0. The number of carbonyl (C=O) groups excluding carboxylic acids is 3. The van der Waals surface area contributed by atoms with E-state index in [1.54, 1.807) is 24.3 Å². The normalized spacial score (nSPS) is 12.8. The number of hydrogen-bond donors (Lipinski definition) is 5. The van der Waals surface area contributed by atoms with Crippen molar-refractivity contribution in [2.24, 2.45) is 0 Å². The van der Waals surface area contributed by atoms with Crippen LogP contribution in [0.1, 0.15) is 28.8 Å². The Bertz CT molecular complexity index is 1330. The van der Waals surface area contributed by atoms with Gasteiger partial charge in [-0.15, -0.1) is 4.39 Å². The number of benzene rings is 2. The highest BCUT2D eigenvalue weighted by Crippen LogP contribution is 2.21. The van der Waals surface area contributed by atoms with Crippen LogP contribution in [0.3, 0.4) is 0 Å². The number of amides is 2. The van der Waals surface area contributed by atoms with Gasteiger partial charge < -0.3 is 21.3 Å². The first-order valence-corrected chi connectivity index (χ1v) is 11.0. The summed E-state index contributed by atoms with van der Waals surface area (Å²) in [6, 6.07) is 16.2. The Labute approximate surface area is 220 Å². The van der Waals surface area contributed by atoms with E-state index < -0.39 is 0 Å². The van der Waals surface area contributed by atoms with Crippen molar-refractivity contribution in [2.75, 3.05) is 17.2 Å². The smallest absolute Gasteiger partial charge is 0.251 e. The number of hydrogen-bond acceptors (Lipinski definition) is 9. The summed E-state index contributed by atoms with van der Waals surface area (Å²) in [7, 11) is 0. The molecule has 39 heavy (non-hydrogen) atoms. The SMILES string of the molecule is F.F.O=C1CCC(=O)NCc2cccc(c2)Nc2cc(ncn2)Nc2cccc(c2)C(=O)NC1.OOC#CF. The fraction of sp³-hybridized carbons (Fsp3) is 0.160. The number of Topliss-reactive ketones (excluding diaryl/α,β-unsaturated/α-hetero) is 1. The second kappa shape index (κ2) is 16.6. The number of nitrogens with one attached hydrogen (secondary N) is 4. The Morgan fingerprint density at radius 2 is 1.51 bits per heavy atom.